The van der Waals surface area contributed by atoms with Crippen LogP contribution in [0, 0.1) is 0 Å². The molecule has 672 valence electrons. The first-order chi connectivity index (χ1) is 86.8. The highest BCUT2D eigenvalue weighted by Gasteiger charge is 2.29. The van der Waals surface area contributed by atoms with Gasteiger partial charge in [0.05, 0.1) is 69.1 Å². The first-order valence-corrected chi connectivity index (χ1v) is 37.9. The zero-order valence-corrected chi connectivity index (χ0v) is 67.5. The average Bonchev–Trinajstić information content (AvgIpc) is 1.47. The van der Waals surface area contributed by atoms with Crippen molar-refractivity contribution in [2.24, 2.45) is 0 Å². The topological polar surface area (TPSA) is 344 Å². The molecule has 6 aromatic carbocycles. The molecule has 126 heavy (non-hydrogen) atoms. The SMILES string of the molecule is [2H]C1([2H])OC(=O)N[C@H]1C([2H])([2H])c1ccc2[nH]cc(CCN(C([2H])([2H])[2H])C([2H])([2H])[2H])c2c1.[2H]C1([2H])OC(=O)N[C@H]1C([2H])([2H])c1ccc2[nH]cc(CCN(C)C([2H])([2H])[2H])c2c1.[2H]C1([2H])OC(=O)N[C@H]1C([2H])([2H])c1ccc2[nH]cc(CCN(C)C)c2c1.[2H]c1c(C[C@@H]2N([2H])C(=O)OC2([2H])[2H])c([2H])c2c(C([2H])([2H])C([2H])([2H])N(C([2H])([2H])[2H])C([2H])([2H])[2H])c([2H])n([2H])c2c1[2H].[2H]c1c(C[C@@H]2N([2H])C(=O)OC2([2H])[2H])c([2H])c2c(C([2H])([2H])C([2H])([2H])N(C)C([2H])([2H])[2H])c([2H])n([2H])c2c1[2H].[2H]c1c(C[C@@H]2N([2H])C(=O)OC2([2H])[2H])c([2H])c2c(C([2H])([2H])C([2H])([2H])N(C)C)c([2H])n([2H])c2c1[2H]. The molecular weight excluding hydrogens is 1600 g/mol. The first-order valence-electron chi connectivity index (χ1n) is 70.5. The van der Waals surface area contributed by atoms with E-state index in [-0.39, 0.29) is 67.0 Å². The van der Waals surface area contributed by atoms with Crippen LogP contribution < -0.4 is 31.9 Å². The van der Waals surface area contributed by atoms with Gasteiger partial charge in [0.15, 0.2) is 8.47 Å². The van der Waals surface area contributed by atoms with Crippen LogP contribution in [0.4, 0.5) is 28.8 Å². The van der Waals surface area contributed by atoms with Gasteiger partial charge in [0, 0.05) is 191 Å². The number of nitrogens with zero attached hydrogens (tertiary/aromatic N) is 6. The van der Waals surface area contributed by atoms with Gasteiger partial charge in [-0.15, -0.1) is 0 Å². The fourth-order valence-electron chi connectivity index (χ4n) is 12.2. The summed E-state index contributed by atoms with van der Waals surface area (Å²) in [5, 5.41) is 7.36. The van der Waals surface area contributed by atoms with Gasteiger partial charge in [0.2, 0.25) is 0 Å². The number of benzene rings is 6. The minimum Gasteiger partial charge on any atom is -0.447 e. The van der Waals surface area contributed by atoms with E-state index in [1.54, 1.807) is 48.8 Å². The maximum absolute atomic E-state index is 11.7. The van der Waals surface area contributed by atoms with Crippen LogP contribution in [0.25, 0.3) is 65.4 Å². The van der Waals surface area contributed by atoms with Gasteiger partial charge >= 0.3 is 36.6 Å². The number of rotatable bonds is 30. The number of likely N-dealkylation sites (N-methyl/N-ethyl adjacent to an activating group) is 6. The monoisotopic (exact) mass is 1790 g/mol. The van der Waals surface area contributed by atoms with Crippen LogP contribution in [-0.2, 0) is 105 Å². The summed E-state index contributed by atoms with van der Waals surface area (Å²) >= 11 is 0. The summed E-state index contributed by atoms with van der Waals surface area (Å²) in [6, 6.07) is -1.88. The Kier molecular flexibility index (Phi) is 13.7. The van der Waals surface area contributed by atoms with Gasteiger partial charge in [0.1, 0.15) is 39.4 Å². The predicted octanol–water partition coefficient (Wildman–Crippen LogP) is 11.5. The van der Waals surface area contributed by atoms with Crippen LogP contribution in [-0.4, -0.2) is 295 Å². The van der Waals surface area contributed by atoms with E-state index in [1.807, 2.05) is 20.3 Å². The number of aromatic amines is 6. The molecule has 6 aromatic heterocycles. The quantitative estimate of drug-likeness (QED) is 0.0186. The minimum atomic E-state index is -3.94. The number of ether oxygens (including phenoxy) is 6. The number of carbonyl (C=O) groups is 6. The van der Waals surface area contributed by atoms with Gasteiger partial charge < -0.3 is 120 Å². The van der Waals surface area contributed by atoms with Crippen LogP contribution >= 0.6 is 0 Å². The Morgan fingerprint density at radius 3 is 0.960 bits per heavy atom. The summed E-state index contributed by atoms with van der Waals surface area (Å²) in [5.74, 6) is 0. The first kappa shape index (κ1) is 39.4. The number of amides is 6. The van der Waals surface area contributed by atoms with Gasteiger partial charge in [-0.25, -0.2) is 28.8 Å². The van der Waals surface area contributed by atoms with Crippen LogP contribution in [0.3, 0.4) is 0 Å². The predicted molar refractivity (Wildman–Crippen MR) is 495 cm³/mol. The van der Waals surface area contributed by atoms with Crippen molar-refractivity contribution in [1.82, 2.24) is 91.2 Å². The highest BCUT2D eigenvalue weighted by atomic mass is 16.6. The molecular formula is C96H126N18O12. The van der Waals surface area contributed by atoms with E-state index in [4.69, 9.17) is 90.7 Å². The maximum atomic E-state index is 11.7. The molecule has 0 saturated carbocycles. The summed E-state index contributed by atoms with van der Waals surface area (Å²) in [4.78, 5) is 83.3. The second kappa shape index (κ2) is 43.7. The fourth-order valence-corrected chi connectivity index (χ4v) is 12.2. The summed E-state index contributed by atoms with van der Waals surface area (Å²) < 4.78 is 554. The van der Waals surface area contributed by atoms with Crippen LogP contribution in [0.5, 0.6) is 0 Å². The Hall–Kier alpha value is -12.1. The lowest BCUT2D eigenvalue weighted by Crippen LogP contribution is -2.28. The van der Waals surface area contributed by atoms with E-state index in [1.165, 1.54) is 44.2 Å². The van der Waals surface area contributed by atoms with Gasteiger partial charge in [-0.05, 0) is 300 Å². The molecule has 30 heteroatoms. The highest BCUT2D eigenvalue weighted by molar-refractivity contribution is 5.88. The summed E-state index contributed by atoms with van der Waals surface area (Å²) in [5.41, 5.74) is -0.582. The molecule has 6 aliphatic heterocycles. The zero-order valence-electron chi connectivity index (χ0n) is 134. The molecule has 12 heterocycles. The Balaban J connectivity index is 0.000000187. The van der Waals surface area contributed by atoms with Crippen LogP contribution in [0.1, 0.15) is 149 Å². The average molecular weight is 1790 g/mol. The van der Waals surface area contributed by atoms with Gasteiger partial charge in [-0.3, -0.25) is 0 Å². The molecule has 6 amide bonds. The van der Waals surface area contributed by atoms with E-state index in [0.29, 0.717) is 43.7 Å². The van der Waals surface area contributed by atoms with E-state index in [2.05, 4.69) is 64.2 Å². The normalized spacial score (nSPS) is 30.1. The third-order valence-electron chi connectivity index (χ3n) is 18.0. The fraction of sp³-hybridized carbons (Fsp3) is 0.438. The number of fused-ring (bicyclic) bond motifs is 6. The molecule has 0 radical (unpaired) electrons. The van der Waals surface area contributed by atoms with Crippen LogP contribution in [0.2, 0.25) is 8.47 Å². The Morgan fingerprint density at radius 2 is 0.659 bits per heavy atom. The van der Waals surface area contributed by atoms with Crippen molar-refractivity contribution in [3.8, 4) is 0 Å². The highest BCUT2D eigenvalue weighted by Crippen LogP contribution is 2.29. The van der Waals surface area contributed by atoms with Gasteiger partial charge in [0.25, 0.3) is 0 Å². The van der Waals surface area contributed by atoms with Crippen molar-refractivity contribution in [1.29, 1.82) is 0 Å². The minimum absolute atomic E-state index is 0.0628. The molecule has 12 aromatic rings. The number of hydrogen-bond donors (Lipinski definition) is 12. The Morgan fingerprint density at radius 1 is 0.349 bits per heavy atom. The van der Waals surface area contributed by atoms with Crippen molar-refractivity contribution in [2.75, 3.05) is 163 Å². The second-order valence-electron chi connectivity index (χ2n) is 28.1. The molecule has 6 atom stereocenters. The summed E-state index contributed by atoms with van der Waals surface area (Å²) in [6.45, 7) is -43.1. The second-order valence-corrected chi connectivity index (χ2v) is 28.1. The zero-order chi connectivity index (χ0) is 146. The lowest BCUT2D eigenvalue weighted by Gasteiger charge is -2.09. The smallest absolute Gasteiger partial charge is 0.407 e. The molecule has 0 unspecified atom stereocenters. The number of nitrogens with one attached hydrogen (secondary N) is 12. The number of cyclic esters (lactones) is 6. The van der Waals surface area contributed by atoms with Gasteiger partial charge in [-0.2, -0.15) is 0 Å². The van der Waals surface area contributed by atoms with Gasteiger partial charge in [-0.1, -0.05) is 36.3 Å². The third-order valence-corrected chi connectivity index (χ3v) is 18.0. The van der Waals surface area contributed by atoms with E-state index < -0.39 is 369 Å². The van der Waals surface area contributed by atoms with E-state index in [9.17, 15) is 28.8 Å². The van der Waals surface area contributed by atoms with Crippen molar-refractivity contribution in [3.63, 3.8) is 0 Å². The molecule has 12 N–H and O–H groups in total. The molecule has 30 nitrogen and oxygen atoms in total. The molecule has 6 aliphatic rings. The number of aryl methyl sites for hydroxylation is 3. The lowest BCUT2D eigenvalue weighted by molar-refractivity contribution is 0.176. The number of alkyl carbamates (subject to hydrolysis) is 6. The van der Waals surface area contributed by atoms with E-state index >= 15 is 0 Å². The molecule has 0 bridgehead atoms. The van der Waals surface area contributed by atoms with Crippen molar-refractivity contribution in [2.45, 2.75) is 113 Å². The molecule has 0 aliphatic carbocycles. The molecule has 6 fully saturated rings. The molecule has 18 rings (SSSR count). The number of H-pyrrole nitrogens is 6. The Labute approximate surface area is 829 Å². The summed E-state index contributed by atoms with van der Waals surface area (Å²) in [7, 11) is 8.83. The maximum Gasteiger partial charge on any atom is 0.407 e. The molecule has 0 spiro atoms. The van der Waals surface area contributed by atoms with E-state index in [0.717, 1.165) is 52.5 Å². The summed E-state index contributed by atoms with van der Waals surface area (Å²) in [6.07, 6.45) is -22.3. The largest absolute Gasteiger partial charge is 0.447 e. The van der Waals surface area contributed by atoms with Crippen molar-refractivity contribution >= 4 is 102 Å². The third kappa shape index (κ3) is 26.5. The van der Waals surface area contributed by atoms with Crippen molar-refractivity contribution < 1.29 is 148 Å². The number of hydrogen-bond acceptors (Lipinski definition) is 18. The van der Waals surface area contributed by atoms with Crippen molar-refractivity contribution in [3.05, 3.63) is 213 Å². The van der Waals surface area contributed by atoms with Crippen LogP contribution in [0.15, 0.2) is 146 Å². The number of aromatic nitrogens is 6. The standard InChI is InChI=1S/6C16H21N3O2/c6*1-19(2)6-5-12-9-17-15-4-3-11(8-14(12)15)7-13-10-21-16(20)18-13/h6*3-4,8-9,13,17H,5-7,10H2,1-2H3,(H,18,20)/t6*13-/m000000/s1/i1D3,2D3,3D,4D,5D2,6D2,8D,9D,10D2;1D3,3D,4D,5D2,6D2,8D,9D,10D2;3D,4D,5D2,6D2,8D,9D,10D2;1D3,2D3,7D2,10D2;1D3,7D2,10D2;7D2,10D2/hD6. The Bertz CT molecular complexity index is 8960. The molecule has 6 saturated heterocycles. The lowest BCUT2D eigenvalue weighted by atomic mass is 10.0. The number of carbonyl (C=O) groups excluding carboxylic acids is 6.